The lowest BCUT2D eigenvalue weighted by atomic mass is 10.1. The van der Waals surface area contributed by atoms with Gasteiger partial charge < -0.3 is 14.2 Å². The van der Waals surface area contributed by atoms with Crippen LogP contribution in [0.25, 0.3) is 0 Å². The molecule has 58 heavy (non-hydrogen) atoms. The number of nitrogens with zero attached hydrogens (tertiary/aromatic N) is 1. The third-order valence-corrected chi connectivity index (χ3v) is 12.3. The monoisotopic (exact) mass is 1060 g/mol. The van der Waals surface area contributed by atoms with Gasteiger partial charge in [0.2, 0.25) is 22.7 Å². The Balaban J connectivity index is 0. The molecule has 0 aliphatic rings. The zero-order chi connectivity index (χ0) is 45.3. The van der Waals surface area contributed by atoms with Crippen molar-refractivity contribution in [2.45, 2.75) is 110 Å². The van der Waals surface area contributed by atoms with Crippen LogP contribution < -0.4 is 14.6 Å². The maximum atomic E-state index is 11.8. The van der Waals surface area contributed by atoms with E-state index in [1.54, 1.807) is 27.2 Å². The lowest BCUT2D eigenvalue weighted by molar-refractivity contribution is -0.143. The van der Waals surface area contributed by atoms with Crippen LogP contribution in [-0.2, 0) is 53.1 Å². The zero-order valence-corrected chi connectivity index (χ0v) is 43.2. The number of carbonyl (C=O) groups excluding carboxylic acids is 2. The number of ether oxygens (including phenoxy) is 3. The van der Waals surface area contributed by atoms with Gasteiger partial charge in [-0.1, -0.05) is 82.8 Å². The highest BCUT2D eigenvalue weighted by atomic mass is 79.9. The molecule has 3 aromatic carbocycles. The zero-order valence-electron chi connectivity index (χ0n) is 36.0. The molecule has 17 heteroatoms. The third kappa shape index (κ3) is 30.4. The van der Waals surface area contributed by atoms with E-state index < -0.39 is 34.1 Å². The second-order valence-corrected chi connectivity index (χ2v) is 23.4. The number of hydrogen-bond donors (Lipinski definition) is 5. The molecule has 3 aromatic rings. The summed E-state index contributed by atoms with van der Waals surface area (Å²) in [7, 11) is 1.65. The number of nitrogens with one attached hydrogen (secondary N) is 1. The molecule has 0 heterocycles. The van der Waals surface area contributed by atoms with Crippen LogP contribution in [-0.4, -0.2) is 66.4 Å². The minimum absolute atomic E-state index is 0.139. The van der Waals surface area contributed by atoms with Crippen LogP contribution in [0.3, 0.4) is 0 Å². The number of halogens is 3. The van der Waals surface area contributed by atoms with Crippen LogP contribution in [0.5, 0.6) is 5.75 Å². The van der Waals surface area contributed by atoms with Gasteiger partial charge in [0.05, 0.1) is 39.0 Å². The summed E-state index contributed by atoms with van der Waals surface area (Å²) in [6.45, 7) is 23.2. The third-order valence-electron chi connectivity index (χ3n) is 6.47. The predicted molar refractivity (Wildman–Crippen MR) is 259 cm³/mol. The number of carbonyl (C=O) groups is 2. The van der Waals surface area contributed by atoms with Gasteiger partial charge in [-0.05, 0) is 134 Å². The van der Waals surface area contributed by atoms with Crippen molar-refractivity contribution in [3.05, 3.63) is 97.3 Å². The first-order valence-corrected chi connectivity index (χ1v) is 24.1. The van der Waals surface area contributed by atoms with Gasteiger partial charge in [-0.2, -0.15) is 13.7 Å². The molecule has 0 radical (unpaired) electrons. The second-order valence-electron chi connectivity index (χ2n) is 14.8. The molecule has 328 valence electrons. The molecule has 0 aliphatic heterocycles. The van der Waals surface area contributed by atoms with Crippen LogP contribution in [0.15, 0.2) is 90.6 Å². The van der Waals surface area contributed by atoms with E-state index in [0.29, 0.717) is 13.2 Å². The quantitative estimate of drug-likeness (QED) is 0.0747. The van der Waals surface area contributed by atoms with Crippen LogP contribution >= 0.6 is 47.8 Å². The number of esters is 2. The van der Waals surface area contributed by atoms with E-state index in [1.165, 1.54) is 6.92 Å². The van der Waals surface area contributed by atoms with Crippen molar-refractivity contribution in [3.63, 3.8) is 0 Å². The Morgan fingerprint density at radius 1 is 0.776 bits per heavy atom. The van der Waals surface area contributed by atoms with Crippen LogP contribution in [0, 0.1) is 0 Å². The molecular formula is C41H65Br3N3O8S3+3. The van der Waals surface area contributed by atoms with Crippen LogP contribution in [0.2, 0.25) is 0 Å². The van der Waals surface area contributed by atoms with Crippen molar-refractivity contribution >= 4 is 100 Å². The Labute approximate surface area is 382 Å². The summed E-state index contributed by atoms with van der Waals surface area (Å²) in [5.41, 5.74) is 1.92. The molecule has 3 rings (SSSR count). The molecule has 0 spiro atoms. The first-order chi connectivity index (χ1) is 26.7. The van der Waals surface area contributed by atoms with Crippen molar-refractivity contribution < 1.29 is 37.5 Å². The number of hydrogen-bond acceptors (Lipinski definition) is 11. The van der Waals surface area contributed by atoms with Gasteiger partial charge in [0.25, 0.3) is 11.4 Å². The smallest absolute Gasteiger partial charge is 0.307 e. The highest BCUT2D eigenvalue weighted by molar-refractivity contribution is 9.11. The highest BCUT2D eigenvalue weighted by Gasteiger charge is 2.38. The fourth-order valence-electron chi connectivity index (χ4n) is 3.30. The summed E-state index contributed by atoms with van der Waals surface area (Å²) >= 11 is 7.25. The second kappa shape index (κ2) is 30.4. The fourth-order valence-corrected chi connectivity index (χ4v) is 5.89. The normalized spacial score (nSPS) is 13.2. The fraction of sp³-hybridized carbons (Fsp3) is 0.488. The molecule has 0 fully saturated rings. The van der Waals surface area contributed by atoms with Crippen molar-refractivity contribution in [2.24, 2.45) is 9.54 Å². The average Bonchev–Trinajstić information content (AvgIpc) is 3.10. The predicted octanol–water partition coefficient (Wildman–Crippen LogP) is 11.3. The van der Waals surface area contributed by atoms with Gasteiger partial charge in [0.1, 0.15) is 5.75 Å². The summed E-state index contributed by atoms with van der Waals surface area (Å²) < 4.78 is 52.8. The number of methoxy groups -OCH3 is 1. The first kappa shape index (κ1) is 58.5. The Morgan fingerprint density at radius 3 is 1.62 bits per heavy atom. The molecule has 0 aliphatic carbocycles. The van der Waals surface area contributed by atoms with Crippen molar-refractivity contribution in [3.8, 4) is 5.75 Å². The molecule has 0 saturated heterocycles. The van der Waals surface area contributed by atoms with Gasteiger partial charge in [0, 0.05) is 20.3 Å². The summed E-state index contributed by atoms with van der Waals surface area (Å²) in [5, 5.41) is 5.15. The minimum Gasteiger partial charge on any atom is -0.497 e. The van der Waals surface area contributed by atoms with Gasteiger partial charge in [0.15, 0.2) is 14.2 Å². The van der Waals surface area contributed by atoms with Gasteiger partial charge in [-0.15, -0.1) is 5.14 Å². The number of nitrogens with two attached hydrogens (primary N) is 1. The Kier molecular flexibility index (Phi) is 30.6. The molecule has 4 atom stereocenters. The number of benzene rings is 3. The van der Waals surface area contributed by atoms with Gasteiger partial charge >= 0.3 is 11.9 Å². The lowest BCUT2D eigenvalue weighted by Crippen LogP contribution is -2.41. The molecule has 0 saturated carbocycles. The molecular weight excluding hydrogens is 998 g/mol. The van der Waals surface area contributed by atoms with E-state index in [1.807, 2.05) is 135 Å². The molecule has 11 nitrogen and oxygen atoms in total. The van der Waals surface area contributed by atoms with E-state index in [4.69, 9.17) is 19.2 Å². The Hall–Kier alpha value is -1.64. The number of rotatable bonds is 10. The molecule has 3 unspecified atom stereocenters. The minimum atomic E-state index is -1.02. The molecule has 0 aromatic heterocycles. The van der Waals surface area contributed by atoms with E-state index >= 15 is 0 Å². The molecule has 0 amide bonds. The van der Waals surface area contributed by atoms with E-state index in [0.717, 1.165) is 30.3 Å². The standard InChI is InChI=1S/C15H23BrNO3S.C11H15BrNOS.C7H7BrO.C4H12NOS.C4H8O2/c1-5-20-14(18)10-13(17-21(19)15(2,3)4)11-7-6-8-12(16)9-11;1-11(2,3)15(14)13-8-9-5-4-6-10(12)7-9;1-9-7-4-2-3-6(8)5-7;1-4(2,3)7(5)6;1-3-6-4(2)5/h6-9,13,17,19H,5,10H2,1-4H3;4-8,14H,1-3H3;2-5H,1H3;6H,5H2,1-3H3;3H2,1-2H3/q2*+1;;+1;/t13-,21?;;;;/m0..../s1. The van der Waals surface area contributed by atoms with Crippen LogP contribution in [0.4, 0.5) is 0 Å². The summed E-state index contributed by atoms with van der Waals surface area (Å²) in [4.78, 5) is 21.6. The Morgan fingerprint density at radius 2 is 1.26 bits per heavy atom. The molecule has 0 bridgehead atoms. The summed E-state index contributed by atoms with van der Waals surface area (Å²) in [5.74, 6) is 0.391. The van der Waals surface area contributed by atoms with Crippen molar-refractivity contribution in [1.29, 1.82) is 0 Å². The van der Waals surface area contributed by atoms with Crippen LogP contribution in [0.1, 0.15) is 107 Å². The largest absolute Gasteiger partial charge is 0.497 e. The Bertz CT molecular complexity index is 1640. The summed E-state index contributed by atoms with van der Waals surface area (Å²) in [6, 6.07) is 23.0. The highest BCUT2D eigenvalue weighted by Crippen LogP contribution is 2.25. The van der Waals surface area contributed by atoms with E-state index in [9.17, 15) is 18.7 Å². The van der Waals surface area contributed by atoms with E-state index in [2.05, 4.69) is 61.6 Å². The maximum absolute atomic E-state index is 11.8. The maximum Gasteiger partial charge on any atom is 0.307 e. The SMILES string of the molecule is CC(C)(C)[S+](N)O.CC(C)(C)[S+](O)N=Cc1cccc(Br)c1.CCOC(=O)C[C@H](N[S+](O)C(C)(C)C)c1cccc(Br)c1.CCOC(C)=O.COc1cccc(Br)c1. The van der Waals surface area contributed by atoms with Crippen molar-refractivity contribution in [2.75, 3.05) is 20.3 Å². The average molecular weight is 1060 g/mol. The molecule has 6 N–H and O–H groups in total. The van der Waals surface area contributed by atoms with Gasteiger partial charge in [-0.3, -0.25) is 9.59 Å². The van der Waals surface area contributed by atoms with Gasteiger partial charge in [-0.25, -0.2) is 0 Å². The first-order valence-electron chi connectivity index (χ1n) is 18.1. The van der Waals surface area contributed by atoms with Crippen molar-refractivity contribution in [1.82, 2.24) is 4.72 Å². The van der Waals surface area contributed by atoms with E-state index in [-0.39, 0.29) is 38.6 Å². The summed E-state index contributed by atoms with van der Waals surface area (Å²) in [6.07, 6.45) is 1.89. The lowest BCUT2D eigenvalue weighted by Gasteiger charge is -2.20. The topological polar surface area (TPSA) is 173 Å².